The first-order chi connectivity index (χ1) is 8.86. The van der Waals surface area contributed by atoms with Gasteiger partial charge in [-0.05, 0) is 0 Å². The number of nitrogens with zero attached hydrogens (tertiary/aromatic N) is 1. The lowest BCUT2D eigenvalue weighted by atomic mass is 9.88. The Morgan fingerprint density at radius 1 is 1.17 bits per heavy atom. The lowest BCUT2D eigenvalue weighted by molar-refractivity contribution is -0.920. The van der Waals surface area contributed by atoms with Crippen molar-refractivity contribution in [3.8, 4) is 0 Å². The van der Waals surface area contributed by atoms with Crippen LogP contribution in [0, 0.1) is 11.8 Å². The third kappa shape index (κ3) is 2.40. The zero-order chi connectivity index (χ0) is 12.4. The molecule has 4 heteroatoms. The molecule has 2 fully saturated rings. The van der Waals surface area contributed by atoms with Gasteiger partial charge < -0.3 is 10.1 Å². The van der Waals surface area contributed by atoms with Gasteiger partial charge in [-0.3, -0.25) is 0 Å². The molecule has 96 valence electrons. The summed E-state index contributed by atoms with van der Waals surface area (Å²) in [5, 5.41) is 12.7. The van der Waals surface area contributed by atoms with Crippen molar-refractivity contribution < 1.29 is 10.1 Å². The van der Waals surface area contributed by atoms with Crippen molar-refractivity contribution in [2.75, 3.05) is 24.6 Å². The number of nitrogens with one attached hydrogen (secondary N) is 1. The number of quaternary nitrogens is 1. The van der Waals surface area contributed by atoms with Crippen molar-refractivity contribution in [2.24, 2.45) is 17.0 Å². The minimum absolute atomic E-state index is 0.478. The number of rotatable bonds is 2. The van der Waals surface area contributed by atoms with Crippen LogP contribution in [0.1, 0.15) is 5.56 Å². The Morgan fingerprint density at radius 3 is 2.44 bits per heavy atom. The van der Waals surface area contributed by atoms with Gasteiger partial charge >= 0.3 is 0 Å². The normalized spacial score (nSPS) is 33.6. The van der Waals surface area contributed by atoms with Crippen molar-refractivity contribution in [2.45, 2.75) is 6.54 Å². The number of piperidine rings is 1. The Kier molecular flexibility index (Phi) is 3.57. The van der Waals surface area contributed by atoms with Crippen LogP contribution in [0.25, 0.3) is 0 Å². The second kappa shape index (κ2) is 5.33. The highest BCUT2D eigenvalue weighted by Crippen LogP contribution is 2.26. The van der Waals surface area contributed by atoms with Gasteiger partial charge in [-0.2, -0.15) is 11.8 Å². The van der Waals surface area contributed by atoms with Gasteiger partial charge in [-0.15, -0.1) is 0 Å². The number of fused-ring (bicyclic) bond motifs is 2. The summed E-state index contributed by atoms with van der Waals surface area (Å²) in [6.07, 6.45) is 0. The van der Waals surface area contributed by atoms with E-state index in [1.54, 1.807) is 4.90 Å². The van der Waals surface area contributed by atoms with Crippen LogP contribution in [0.15, 0.2) is 35.5 Å². The fraction of sp³-hybridized carbons (Fsp3) is 0.500. The molecule has 2 N–H and O–H groups in total. The number of oxime groups is 1. The molecule has 0 aliphatic carbocycles. The summed E-state index contributed by atoms with van der Waals surface area (Å²) in [6, 6.07) is 10.7. The Hall–Kier alpha value is -1.00. The summed E-state index contributed by atoms with van der Waals surface area (Å²) in [7, 11) is 0. The van der Waals surface area contributed by atoms with Gasteiger partial charge in [0.05, 0.1) is 30.6 Å². The average Bonchev–Trinajstić information content (AvgIpc) is 2.39. The van der Waals surface area contributed by atoms with Gasteiger partial charge in [-0.25, -0.2) is 0 Å². The van der Waals surface area contributed by atoms with E-state index in [2.05, 4.69) is 35.5 Å². The van der Waals surface area contributed by atoms with E-state index in [0.29, 0.717) is 11.8 Å². The summed E-state index contributed by atoms with van der Waals surface area (Å²) in [5.41, 5.74) is 2.47. The quantitative estimate of drug-likeness (QED) is 0.614. The van der Waals surface area contributed by atoms with Crippen LogP contribution in [0.3, 0.4) is 0 Å². The van der Waals surface area contributed by atoms with Crippen molar-refractivity contribution in [1.29, 1.82) is 0 Å². The molecule has 1 unspecified atom stereocenters. The summed E-state index contributed by atoms with van der Waals surface area (Å²) < 4.78 is 0. The topological polar surface area (TPSA) is 37.0 Å². The SMILES string of the molecule is ON=C1[C@@H]2CSC[C@H]1C[NH+](Cc1ccccc1)C2. The number of likely N-dealkylation sites (tertiary alicyclic amines) is 1. The zero-order valence-electron chi connectivity index (χ0n) is 10.4. The van der Waals surface area contributed by atoms with Gasteiger partial charge in [-0.1, -0.05) is 35.5 Å². The lowest BCUT2D eigenvalue weighted by Crippen LogP contribution is -3.14. The van der Waals surface area contributed by atoms with Gasteiger partial charge in [0, 0.05) is 17.1 Å². The molecule has 18 heavy (non-hydrogen) atoms. The van der Waals surface area contributed by atoms with Crippen LogP contribution in [0.4, 0.5) is 0 Å². The maximum atomic E-state index is 9.14. The van der Waals surface area contributed by atoms with Crippen LogP contribution in [0.2, 0.25) is 0 Å². The summed E-state index contributed by atoms with van der Waals surface area (Å²) >= 11 is 2.01. The van der Waals surface area contributed by atoms with Crippen LogP contribution in [-0.4, -0.2) is 35.5 Å². The van der Waals surface area contributed by atoms with E-state index in [1.807, 2.05) is 11.8 Å². The summed E-state index contributed by atoms with van der Waals surface area (Å²) in [5.74, 6) is 3.19. The largest absolute Gasteiger partial charge is 0.411 e. The fourth-order valence-corrected chi connectivity index (χ4v) is 4.44. The predicted molar refractivity (Wildman–Crippen MR) is 74.4 cm³/mol. The molecular weight excluding hydrogens is 244 g/mol. The third-order valence-electron chi connectivity index (χ3n) is 3.96. The molecule has 0 aromatic heterocycles. The molecule has 1 aromatic rings. The van der Waals surface area contributed by atoms with Crippen LogP contribution < -0.4 is 4.90 Å². The van der Waals surface area contributed by atoms with E-state index >= 15 is 0 Å². The summed E-state index contributed by atoms with van der Waals surface area (Å²) in [4.78, 5) is 1.63. The number of hydrogen-bond acceptors (Lipinski definition) is 3. The molecule has 0 saturated carbocycles. The second-order valence-corrected chi connectivity index (χ2v) is 6.35. The Morgan fingerprint density at radius 2 is 1.83 bits per heavy atom. The average molecular weight is 263 g/mol. The molecule has 3 atom stereocenters. The first-order valence-electron chi connectivity index (χ1n) is 6.54. The molecule has 2 bridgehead atoms. The molecular formula is C14H19N2OS+. The van der Waals surface area contributed by atoms with E-state index in [-0.39, 0.29) is 0 Å². The van der Waals surface area contributed by atoms with E-state index < -0.39 is 0 Å². The monoisotopic (exact) mass is 263 g/mol. The molecule has 0 spiro atoms. The molecule has 2 aliphatic rings. The predicted octanol–water partition coefficient (Wildman–Crippen LogP) is 0.894. The molecule has 0 amide bonds. The first kappa shape index (κ1) is 12.1. The van der Waals surface area contributed by atoms with Crippen LogP contribution in [0.5, 0.6) is 0 Å². The molecule has 3 rings (SSSR count). The summed E-state index contributed by atoms with van der Waals surface area (Å²) in [6.45, 7) is 3.31. The zero-order valence-corrected chi connectivity index (χ0v) is 11.2. The van der Waals surface area contributed by atoms with Gasteiger partial charge in [0.25, 0.3) is 0 Å². The van der Waals surface area contributed by atoms with E-state index in [0.717, 1.165) is 36.9 Å². The number of hydrogen-bond donors (Lipinski definition) is 2. The van der Waals surface area contributed by atoms with Crippen LogP contribution in [-0.2, 0) is 6.54 Å². The highest BCUT2D eigenvalue weighted by Gasteiger charge is 2.39. The molecule has 3 nitrogen and oxygen atoms in total. The van der Waals surface area contributed by atoms with Crippen molar-refractivity contribution in [1.82, 2.24) is 0 Å². The Balaban J connectivity index is 1.70. The third-order valence-corrected chi connectivity index (χ3v) is 5.23. The molecule has 2 aliphatic heterocycles. The Bertz CT molecular complexity index is 419. The number of thioether (sulfide) groups is 1. The standard InChI is InChI=1S/C14H18N2OS/c17-15-14-12-7-16(8-13(14)10-18-9-12)6-11-4-2-1-3-5-11/h1-5,12-13,17H,6-10H2/p+1/t12-,13+. The lowest BCUT2D eigenvalue weighted by Gasteiger charge is -2.38. The Labute approximate surface area is 112 Å². The second-order valence-electron chi connectivity index (χ2n) is 5.28. The van der Waals surface area contributed by atoms with Crippen molar-refractivity contribution in [3.63, 3.8) is 0 Å². The minimum Gasteiger partial charge on any atom is -0.411 e. The molecule has 1 aromatic carbocycles. The van der Waals surface area contributed by atoms with E-state index in [4.69, 9.17) is 5.21 Å². The number of benzene rings is 1. The maximum Gasteiger partial charge on any atom is 0.103 e. The van der Waals surface area contributed by atoms with Crippen molar-refractivity contribution >= 4 is 17.5 Å². The van der Waals surface area contributed by atoms with Crippen LogP contribution >= 0.6 is 11.8 Å². The van der Waals surface area contributed by atoms with Gasteiger partial charge in [0.15, 0.2) is 0 Å². The van der Waals surface area contributed by atoms with E-state index in [9.17, 15) is 0 Å². The van der Waals surface area contributed by atoms with Gasteiger partial charge in [0.2, 0.25) is 0 Å². The first-order valence-corrected chi connectivity index (χ1v) is 7.69. The molecule has 0 radical (unpaired) electrons. The highest BCUT2D eigenvalue weighted by molar-refractivity contribution is 7.99. The fourth-order valence-electron chi connectivity index (χ4n) is 3.16. The van der Waals surface area contributed by atoms with Crippen molar-refractivity contribution in [3.05, 3.63) is 35.9 Å². The molecule has 2 saturated heterocycles. The highest BCUT2D eigenvalue weighted by atomic mass is 32.2. The smallest absolute Gasteiger partial charge is 0.103 e. The van der Waals surface area contributed by atoms with E-state index in [1.165, 1.54) is 5.56 Å². The maximum absolute atomic E-state index is 9.14. The van der Waals surface area contributed by atoms with Gasteiger partial charge in [0.1, 0.15) is 6.54 Å². The minimum atomic E-state index is 0.478. The molecule has 2 heterocycles.